The number of H-pyrrole nitrogens is 2. The smallest absolute Gasteiger partial charge is 0.137 e. The lowest BCUT2D eigenvalue weighted by Crippen LogP contribution is -2.44. The average molecular weight is 425 g/mol. The quantitative estimate of drug-likeness (QED) is 0.391. The zero-order valence-electron chi connectivity index (χ0n) is 18.2. The lowest BCUT2D eigenvalue weighted by Gasteiger charge is -2.32. The molecule has 6 nitrogen and oxygen atoms in total. The zero-order chi connectivity index (χ0) is 21.5. The summed E-state index contributed by atoms with van der Waals surface area (Å²) in [5.74, 6) is 0. The molecule has 1 unspecified atom stereocenters. The summed E-state index contributed by atoms with van der Waals surface area (Å²) >= 11 is 0. The van der Waals surface area contributed by atoms with Gasteiger partial charge in [-0.3, -0.25) is 0 Å². The monoisotopic (exact) mass is 424 g/mol. The summed E-state index contributed by atoms with van der Waals surface area (Å²) in [7, 11) is 0. The van der Waals surface area contributed by atoms with Crippen molar-refractivity contribution in [3.05, 3.63) is 72.3 Å². The van der Waals surface area contributed by atoms with Gasteiger partial charge in [-0.25, -0.2) is 9.97 Å². The molecule has 0 saturated heterocycles. The van der Waals surface area contributed by atoms with E-state index in [-0.39, 0.29) is 0 Å². The number of aromatic amines is 2. The van der Waals surface area contributed by atoms with Crippen LogP contribution >= 0.6 is 0 Å². The first kappa shape index (κ1) is 19.5. The maximum Gasteiger partial charge on any atom is 0.137 e. The van der Waals surface area contributed by atoms with Crippen LogP contribution in [0.3, 0.4) is 0 Å². The van der Waals surface area contributed by atoms with Crippen molar-refractivity contribution in [1.29, 1.82) is 0 Å². The van der Waals surface area contributed by atoms with E-state index in [0.29, 0.717) is 18.1 Å². The molecular formula is C26H28N6. The molecule has 162 valence electrons. The van der Waals surface area contributed by atoms with Crippen LogP contribution in [0.2, 0.25) is 0 Å². The van der Waals surface area contributed by atoms with Gasteiger partial charge in [0, 0.05) is 59.2 Å². The summed E-state index contributed by atoms with van der Waals surface area (Å²) in [4.78, 5) is 15.9. The standard InChI is InChI=1S/C26H28N6/c1-16-10-20(24-14-19-5-3-8-29-26(19)32-24)12-22(30-16)15-21-11-17(6-9-27-21)23-13-18-4-2-7-28-25(18)31-23/h2-8,12-14,16,21-22,27,30H,9-11,15H2,1H3,(H,28,31)(H,29,32)/t16-,21-,22?/m1/s1. The van der Waals surface area contributed by atoms with Crippen molar-refractivity contribution in [1.82, 2.24) is 30.6 Å². The fourth-order valence-corrected chi connectivity index (χ4v) is 5.17. The van der Waals surface area contributed by atoms with Crippen molar-refractivity contribution in [2.45, 2.75) is 44.3 Å². The second-order valence-corrected chi connectivity index (χ2v) is 9.09. The number of nitrogens with one attached hydrogen (secondary N) is 4. The van der Waals surface area contributed by atoms with E-state index in [9.17, 15) is 0 Å². The van der Waals surface area contributed by atoms with Gasteiger partial charge in [0.05, 0.1) is 0 Å². The fraction of sp³-hybridized carbons (Fsp3) is 0.308. The van der Waals surface area contributed by atoms with Crippen molar-refractivity contribution < 1.29 is 0 Å². The van der Waals surface area contributed by atoms with E-state index in [4.69, 9.17) is 0 Å². The van der Waals surface area contributed by atoms with Crippen molar-refractivity contribution >= 4 is 33.2 Å². The molecule has 4 N–H and O–H groups in total. The van der Waals surface area contributed by atoms with Gasteiger partial charge in [-0.1, -0.05) is 12.2 Å². The second-order valence-electron chi connectivity index (χ2n) is 9.09. The predicted octanol–water partition coefficient (Wildman–Crippen LogP) is 4.41. The molecule has 0 saturated carbocycles. The highest BCUT2D eigenvalue weighted by molar-refractivity contribution is 5.83. The molecule has 0 amide bonds. The van der Waals surface area contributed by atoms with Gasteiger partial charge in [-0.05, 0) is 73.7 Å². The molecule has 0 bridgehead atoms. The molecule has 32 heavy (non-hydrogen) atoms. The van der Waals surface area contributed by atoms with Crippen LogP contribution in [-0.4, -0.2) is 44.6 Å². The molecule has 0 aliphatic carbocycles. The lowest BCUT2D eigenvalue weighted by molar-refractivity contribution is 0.401. The Morgan fingerprint density at radius 3 is 2.28 bits per heavy atom. The van der Waals surface area contributed by atoms with Crippen LogP contribution in [0.15, 0.2) is 60.9 Å². The minimum Gasteiger partial charge on any atom is -0.339 e. The van der Waals surface area contributed by atoms with E-state index in [1.54, 1.807) is 0 Å². The van der Waals surface area contributed by atoms with E-state index in [1.165, 1.54) is 33.3 Å². The van der Waals surface area contributed by atoms with Gasteiger partial charge in [-0.15, -0.1) is 0 Å². The van der Waals surface area contributed by atoms with Gasteiger partial charge in [0.2, 0.25) is 0 Å². The molecular weight excluding hydrogens is 396 g/mol. The number of hydrogen-bond donors (Lipinski definition) is 4. The number of hydrogen-bond acceptors (Lipinski definition) is 4. The van der Waals surface area contributed by atoms with Crippen molar-refractivity contribution in [2.75, 3.05) is 6.54 Å². The average Bonchev–Trinajstić information content (AvgIpc) is 3.43. The number of aromatic nitrogens is 4. The molecule has 4 aromatic heterocycles. The first-order valence-electron chi connectivity index (χ1n) is 11.5. The van der Waals surface area contributed by atoms with E-state index in [2.05, 4.69) is 73.9 Å². The largest absolute Gasteiger partial charge is 0.339 e. The number of pyridine rings is 2. The Labute approximate surface area is 187 Å². The Morgan fingerprint density at radius 2 is 1.59 bits per heavy atom. The van der Waals surface area contributed by atoms with E-state index in [1.807, 2.05) is 24.5 Å². The Hall–Kier alpha value is -3.22. The normalized spacial score (nSPS) is 24.0. The second kappa shape index (κ2) is 8.04. The van der Waals surface area contributed by atoms with Gasteiger partial charge >= 0.3 is 0 Å². The summed E-state index contributed by atoms with van der Waals surface area (Å²) in [6.45, 7) is 3.17. The molecule has 6 heteroatoms. The van der Waals surface area contributed by atoms with Crippen LogP contribution in [0.5, 0.6) is 0 Å². The summed E-state index contributed by atoms with van der Waals surface area (Å²) in [6, 6.07) is 13.9. The number of fused-ring (bicyclic) bond motifs is 2. The first-order chi connectivity index (χ1) is 15.7. The van der Waals surface area contributed by atoms with E-state index < -0.39 is 0 Å². The van der Waals surface area contributed by atoms with Crippen molar-refractivity contribution in [3.63, 3.8) is 0 Å². The van der Waals surface area contributed by atoms with E-state index >= 15 is 0 Å². The van der Waals surface area contributed by atoms with Gasteiger partial charge in [0.25, 0.3) is 0 Å². The van der Waals surface area contributed by atoms with Gasteiger partial charge in [-0.2, -0.15) is 0 Å². The first-order valence-corrected chi connectivity index (χ1v) is 11.5. The number of rotatable bonds is 4. The summed E-state index contributed by atoms with van der Waals surface area (Å²) in [5, 5.41) is 9.83. The van der Waals surface area contributed by atoms with Crippen LogP contribution in [-0.2, 0) is 0 Å². The fourth-order valence-electron chi connectivity index (χ4n) is 5.17. The maximum atomic E-state index is 4.46. The summed E-state index contributed by atoms with van der Waals surface area (Å²) in [6.07, 6.45) is 11.5. The highest BCUT2D eigenvalue weighted by Crippen LogP contribution is 2.30. The van der Waals surface area contributed by atoms with Crippen molar-refractivity contribution in [2.24, 2.45) is 0 Å². The Kier molecular flexibility index (Phi) is 4.89. The molecule has 0 spiro atoms. The predicted molar refractivity (Wildman–Crippen MR) is 130 cm³/mol. The molecule has 3 atom stereocenters. The van der Waals surface area contributed by atoms with Crippen LogP contribution in [0.4, 0.5) is 0 Å². The van der Waals surface area contributed by atoms with E-state index in [0.717, 1.165) is 37.1 Å². The van der Waals surface area contributed by atoms with Crippen LogP contribution in [0.1, 0.15) is 37.6 Å². The molecule has 0 aromatic carbocycles. The third-order valence-electron chi connectivity index (χ3n) is 6.66. The van der Waals surface area contributed by atoms with Gasteiger partial charge in [0.1, 0.15) is 11.3 Å². The topological polar surface area (TPSA) is 81.4 Å². The summed E-state index contributed by atoms with van der Waals surface area (Å²) < 4.78 is 0. The SMILES string of the molecule is C[C@@H]1CC(c2cc3cccnc3[nH]2)=CC(C[C@H]2CC(c3cc4cccnc4[nH]3)=CCN2)N1. The zero-order valence-corrected chi connectivity index (χ0v) is 18.2. The molecule has 2 aliphatic heterocycles. The maximum absolute atomic E-state index is 4.46. The Bertz CT molecular complexity index is 1260. The Morgan fingerprint density at radius 1 is 0.906 bits per heavy atom. The van der Waals surface area contributed by atoms with Crippen molar-refractivity contribution in [3.8, 4) is 0 Å². The third-order valence-corrected chi connectivity index (χ3v) is 6.66. The molecule has 0 fully saturated rings. The van der Waals surface area contributed by atoms with Crippen LogP contribution < -0.4 is 10.6 Å². The van der Waals surface area contributed by atoms with Gasteiger partial charge < -0.3 is 20.6 Å². The number of nitrogens with zero attached hydrogens (tertiary/aromatic N) is 2. The summed E-state index contributed by atoms with van der Waals surface area (Å²) in [5.41, 5.74) is 7.06. The van der Waals surface area contributed by atoms with Gasteiger partial charge in [0.15, 0.2) is 0 Å². The molecule has 0 radical (unpaired) electrons. The Balaban J connectivity index is 1.20. The molecule has 4 aromatic rings. The third kappa shape index (κ3) is 3.76. The highest BCUT2D eigenvalue weighted by Gasteiger charge is 2.25. The molecule has 6 heterocycles. The highest BCUT2D eigenvalue weighted by atomic mass is 15.0. The minimum atomic E-state index is 0.342. The molecule has 6 rings (SSSR count). The van der Waals surface area contributed by atoms with Crippen LogP contribution in [0, 0.1) is 0 Å². The minimum absolute atomic E-state index is 0.342. The molecule has 2 aliphatic rings. The lowest BCUT2D eigenvalue weighted by atomic mass is 9.90. The van der Waals surface area contributed by atoms with Crippen LogP contribution in [0.25, 0.3) is 33.2 Å².